The molecule has 0 radical (unpaired) electrons. The van der Waals surface area contributed by atoms with Crippen LogP contribution in [-0.2, 0) is 16.0 Å². The molecule has 0 spiro atoms. The smallest absolute Gasteiger partial charge is 0.292 e. The number of rotatable bonds is 2. The normalized spacial score (nSPS) is 7.79. The third kappa shape index (κ3) is 4.94. The van der Waals surface area contributed by atoms with Crippen molar-refractivity contribution in [2.75, 3.05) is 7.11 Å². The molecule has 3 nitrogen and oxygen atoms in total. The van der Waals surface area contributed by atoms with Gasteiger partial charge in [0, 0.05) is 0 Å². The monoisotopic (exact) mass is 191 g/mol. The predicted octanol–water partition coefficient (Wildman–Crippen LogP) is 1.85. The van der Waals surface area contributed by atoms with Gasteiger partial charge in [0.05, 0.1) is 19.6 Å². The van der Waals surface area contributed by atoms with Crippen molar-refractivity contribution in [3.05, 3.63) is 35.4 Å². The van der Waals surface area contributed by atoms with E-state index in [1.807, 2.05) is 31.2 Å². The Morgan fingerprint density at radius 1 is 1.50 bits per heavy atom. The Morgan fingerprint density at radius 2 is 2.07 bits per heavy atom. The second-order valence-corrected chi connectivity index (χ2v) is 2.59. The molecule has 0 aliphatic carbocycles. The first-order chi connectivity index (χ1) is 6.76. The maximum absolute atomic E-state index is 8.95. The van der Waals surface area contributed by atoms with Crippen LogP contribution in [0.4, 0.5) is 0 Å². The summed E-state index contributed by atoms with van der Waals surface area (Å²) in [6.45, 7) is 2.40. The van der Waals surface area contributed by atoms with Gasteiger partial charge in [0.25, 0.3) is 6.47 Å². The average molecular weight is 191 g/mol. The molecule has 0 atom stereocenters. The minimum absolute atomic E-state index is 0.375. The maximum atomic E-state index is 8.95. The van der Waals surface area contributed by atoms with Gasteiger partial charge in [-0.2, -0.15) is 5.26 Å². The van der Waals surface area contributed by atoms with Crippen molar-refractivity contribution < 1.29 is 9.53 Å². The van der Waals surface area contributed by atoms with Gasteiger partial charge < -0.3 is 4.74 Å². The summed E-state index contributed by atoms with van der Waals surface area (Å²) in [5, 5.41) is 8.39. The number of hydrogen-bond donors (Lipinski definition) is 0. The van der Waals surface area contributed by atoms with Crippen LogP contribution >= 0.6 is 0 Å². The molecule has 0 aliphatic rings. The van der Waals surface area contributed by atoms with Crippen LogP contribution in [0, 0.1) is 18.3 Å². The van der Waals surface area contributed by atoms with Crippen molar-refractivity contribution >= 4 is 6.47 Å². The second-order valence-electron chi connectivity index (χ2n) is 2.59. The van der Waals surface area contributed by atoms with Crippen LogP contribution in [0.2, 0.25) is 0 Å². The lowest BCUT2D eigenvalue weighted by Gasteiger charge is -1.97. The van der Waals surface area contributed by atoms with Crippen LogP contribution in [0.3, 0.4) is 0 Å². The van der Waals surface area contributed by atoms with E-state index in [9.17, 15) is 0 Å². The third-order valence-electron chi connectivity index (χ3n) is 1.63. The van der Waals surface area contributed by atoms with Gasteiger partial charge in [-0.3, -0.25) is 4.79 Å². The molecule has 0 fully saturated rings. The van der Waals surface area contributed by atoms with Crippen molar-refractivity contribution in [2.45, 2.75) is 13.3 Å². The summed E-state index contributed by atoms with van der Waals surface area (Å²) in [6, 6.07) is 10.1. The Kier molecular flexibility index (Phi) is 6.79. The molecule has 0 saturated heterocycles. The molecule has 74 valence electrons. The van der Waals surface area contributed by atoms with Crippen LogP contribution < -0.4 is 0 Å². The molecule has 0 heterocycles. The lowest BCUT2D eigenvalue weighted by Crippen LogP contribution is -1.84. The number of hydrogen-bond acceptors (Lipinski definition) is 3. The molecule has 0 aliphatic heterocycles. The van der Waals surface area contributed by atoms with E-state index in [2.05, 4.69) is 10.8 Å². The summed E-state index contributed by atoms with van der Waals surface area (Å²) < 4.78 is 3.86. The van der Waals surface area contributed by atoms with Crippen LogP contribution in [0.15, 0.2) is 24.3 Å². The summed E-state index contributed by atoms with van der Waals surface area (Å²) in [5.41, 5.74) is 2.33. The molecule has 0 aromatic heterocycles. The summed E-state index contributed by atoms with van der Waals surface area (Å²) in [6.07, 6.45) is 0.521. The fraction of sp³-hybridized carbons (Fsp3) is 0.273. The lowest BCUT2D eigenvalue weighted by atomic mass is 10.1. The molecule has 1 rings (SSSR count). The van der Waals surface area contributed by atoms with Gasteiger partial charge in [-0.1, -0.05) is 24.3 Å². The number of aryl methyl sites for hydroxylation is 1. The Morgan fingerprint density at radius 3 is 2.50 bits per heavy atom. The van der Waals surface area contributed by atoms with E-state index in [4.69, 9.17) is 10.1 Å². The summed E-state index contributed by atoms with van der Waals surface area (Å²) in [5.74, 6) is 0. The molecule has 0 amide bonds. The van der Waals surface area contributed by atoms with E-state index >= 15 is 0 Å². The fourth-order valence-electron chi connectivity index (χ4n) is 0.894. The van der Waals surface area contributed by atoms with E-state index in [-0.39, 0.29) is 0 Å². The van der Waals surface area contributed by atoms with Crippen LogP contribution in [0.5, 0.6) is 0 Å². The van der Waals surface area contributed by atoms with Gasteiger partial charge in [-0.05, 0) is 18.1 Å². The molecule has 0 bridgehead atoms. The highest BCUT2D eigenvalue weighted by Crippen LogP contribution is 2.06. The number of benzene rings is 1. The molecule has 0 saturated carbocycles. The molecule has 14 heavy (non-hydrogen) atoms. The number of nitrogens with zero attached hydrogens (tertiary/aromatic N) is 1. The number of methoxy groups -OCH3 is 1. The zero-order valence-corrected chi connectivity index (χ0v) is 8.36. The van der Waals surface area contributed by atoms with Crippen LogP contribution in [0.1, 0.15) is 11.1 Å². The van der Waals surface area contributed by atoms with Gasteiger partial charge in [-0.25, -0.2) is 0 Å². The van der Waals surface area contributed by atoms with E-state index in [1.165, 1.54) is 12.7 Å². The summed E-state index contributed by atoms with van der Waals surface area (Å²) in [7, 11) is 1.31. The predicted molar refractivity (Wildman–Crippen MR) is 53.6 cm³/mol. The Balaban J connectivity index is 0.000000364. The average Bonchev–Trinajstić information content (AvgIpc) is 2.22. The molecular formula is C11H13NO2. The van der Waals surface area contributed by atoms with Crippen LogP contribution in [-0.4, -0.2) is 13.6 Å². The second kappa shape index (κ2) is 7.81. The van der Waals surface area contributed by atoms with Crippen molar-refractivity contribution in [3.8, 4) is 6.07 Å². The maximum Gasteiger partial charge on any atom is 0.292 e. The number of carbonyl (C=O) groups is 1. The molecule has 0 N–H and O–H groups in total. The van der Waals surface area contributed by atoms with E-state index in [0.29, 0.717) is 12.9 Å². The molecule has 1 aromatic rings. The van der Waals surface area contributed by atoms with Crippen molar-refractivity contribution in [3.63, 3.8) is 0 Å². The number of carbonyl (C=O) groups excluding carboxylic acids is 1. The van der Waals surface area contributed by atoms with Crippen LogP contribution in [0.25, 0.3) is 0 Å². The number of ether oxygens (including phenoxy) is 1. The van der Waals surface area contributed by atoms with E-state index < -0.39 is 0 Å². The molecular weight excluding hydrogens is 178 g/mol. The molecule has 3 heteroatoms. The highest BCUT2D eigenvalue weighted by Gasteiger charge is 1.92. The van der Waals surface area contributed by atoms with E-state index in [0.717, 1.165) is 5.56 Å². The van der Waals surface area contributed by atoms with Gasteiger partial charge in [0.15, 0.2) is 0 Å². The SMILES string of the molecule is COC=O.Cc1ccccc1CC#N. The minimum atomic E-state index is 0.375. The topological polar surface area (TPSA) is 50.1 Å². The zero-order chi connectivity index (χ0) is 10.8. The highest BCUT2D eigenvalue weighted by atomic mass is 16.5. The standard InChI is InChI=1S/C9H9N.C2H4O2/c1-8-4-2-3-5-9(8)6-7-10;1-4-2-3/h2-5H,6H2,1H3;2H,1H3. The largest absolute Gasteiger partial charge is 0.471 e. The number of nitriles is 1. The van der Waals surface area contributed by atoms with Gasteiger partial charge in [-0.15, -0.1) is 0 Å². The van der Waals surface area contributed by atoms with Crippen molar-refractivity contribution in [1.82, 2.24) is 0 Å². The summed E-state index contributed by atoms with van der Waals surface area (Å²) in [4.78, 5) is 8.95. The highest BCUT2D eigenvalue weighted by molar-refractivity contribution is 5.36. The zero-order valence-electron chi connectivity index (χ0n) is 8.36. The van der Waals surface area contributed by atoms with Crippen molar-refractivity contribution in [2.24, 2.45) is 0 Å². The fourth-order valence-corrected chi connectivity index (χ4v) is 0.894. The van der Waals surface area contributed by atoms with Crippen molar-refractivity contribution in [1.29, 1.82) is 5.26 Å². The third-order valence-corrected chi connectivity index (χ3v) is 1.63. The quantitative estimate of drug-likeness (QED) is 0.670. The van der Waals surface area contributed by atoms with Gasteiger partial charge >= 0.3 is 0 Å². The molecule has 1 aromatic carbocycles. The minimum Gasteiger partial charge on any atom is -0.471 e. The van der Waals surface area contributed by atoms with E-state index in [1.54, 1.807) is 0 Å². The molecule has 0 unspecified atom stereocenters. The first kappa shape index (κ1) is 12.2. The summed E-state index contributed by atoms with van der Waals surface area (Å²) >= 11 is 0. The first-order valence-corrected chi connectivity index (χ1v) is 4.14. The first-order valence-electron chi connectivity index (χ1n) is 4.14. The Bertz CT molecular complexity index is 315. The Labute approximate surface area is 83.9 Å². The lowest BCUT2D eigenvalue weighted by molar-refractivity contribution is -0.126. The Hall–Kier alpha value is -1.82. The van der Waals surface area contributed by atoms with Gasteiger partial charge in [0.1, 0.15) is 0 Å². The van der Waals surface area contributed by atoms with Gasteiger partial charge in [0.2, 0.25) is 0 Å².